The van der Waals surface area contributed by atoms with Gasteiger partial charge in [-0.05, 0) is 23.6 Å². The highest BCUT2D eigenvalue weighted by Gasteiger charge is 2.33. The number of hydrogen-bond acceptors (Lipinski definition) is 4. The Balaban J connectivity index is 1.90. The summed E-state index contributed by atoms with van der Waals surface area (Å²) in [6.07, 6.45) is 0. The van der Waals surface area contributed by atoms with Gasteiger partial charge in [0.2, 0.25) is 0 Å². The molecule has 0 bridgehead atoms. The van der Waals surface area contributed by atoms with Crippen LogP contribution in [0.5, 0.6) is 0 Å². The van der Waals surface area contributed by atoms with Gasteiger partial charge in [0, 0.05) is 19.0 Å². The molecule has 20 heavy (non-hydrogen) atoms. The van der Waals surface area contributed by atoms with E-state index >= 15 is 0 Å². The average Bonchev–Trinajstić information content (AvgIpc) is 3.05. The molecule has 0 radical (unpaired) electrons. The van der Waals surface area contributed by atoms with Crippen LogP contribution in [-0.4, -0.2) is 29.3 Å². The van der Waals surface area contributed by atoms with Crippen LogP contribution in [0.4, 0.5) is 5.69 Å². The van der Waals surface area contributed by atoms with E-state index in [1.165, 1.54) is 4.88 Å². The average molecular weight is 324 g/mol. The normalized spacial score (nSPS) is 21.9. The fourth-order valence-corrected chi connectivity index (χ4v) is 4.31. The number of nitrogens with zero attached hydrogens (tertiary/aromatic N) is 3. The van der Waals surface area contributed by atoms with Crippen molar-refractivity contribution in [2.24, 2.45) is 4.99 Å². The maximum atomic E-state index is 6.18. The fraction of sp³-hybridized carbons (Fsp3) is 0.214. The molecule has 0 N–H and O–H groups in total. The van der Waals surface area contributed by atoms with Gasteiger partial charge in [-0.1, -0.05) is 41.6 Å². The fourth-order valence-electron chi connectivity index (χ4n) is 1.96. The van der Waals surface area contributed by atoms with Gasteiger partial charge in [0.25, 0.3) is 0 Å². The first-order valence-electron chi connectivity index (χ1n) is 6.16. The summed E-state index contributed by atoms with van der Waals surface area (Å²) in [7, 11) is 4.10. The maximum Gasteiger partial charge on any atom is 0.180 e. The summed E-state index contributed by atoms with van der Waals surface area (Å²) >= 11 is 9.69. The molecule has 1 unspecified atom stereocenters. The monoisotopic (exact) mass is 323 g/mol. The van der Waals surface area contributed by atoms with Gasteiger partial charge in [0.1, 0.15) is 5.37 Å². The van der Waals surface area contributed by atoms with Crippen molar-refractivity contribution in [1.29, 1.82) is 0 Å². The number of halogens is 1. The van der Waals surface area contributed by atoms with Gasteiger partial charge in [-0.2, -0.15) is 0 Å². The summed E-state index contributed by atoms with van der Waals surface area (Å²) < 4.78 is 0. The van der Waals surface area contributed by atoms with Crippen LogP contribution in [0.3, 0.4) is 0 Å². The number of rotatable bonds is 2. The van der Waals surface area contributed by atoms with Gasteiger partial charge >= 0.3 is 0 Å². The highest BCUT2D eigenvalue weighted by Crippen LogP contribution is 2.43. The molecule has 6 heteroatoms. The molecule has 0 spiro atoms. The van der Waals surface area contributed by atoms with Crippen molar-refractivity contribution in [3.8, 4) is 0 Å². The quantitative estimate of drug-likeness (QED) is 0.804. The lowest BCUT2D eigenvalue weighted by Crippen LogP contribution is -2.33. The first-order valence-corrected chi connectivity index (χ1v) is 8.30. The minimum Gasteiger partial charge on any atom is -0.286 e. The van der Waals surface area contributed by atoms with E-state index in [0.29, 0.717) is 5.02 Å². The van der Waals surface area contributed by atoms with E-state index in [9.17, 15) is 0 Å². The summed E-state index contributed by atoms with van der Waals surface area (Å²) in [6.45, 7) is 0. The number of aliphatic imine (C=N–C) groups is 1. The number of thioether (sulfide) groups is 1. The predicted octanol–water partition coefficient (Wildman–Crippen LogP) is 4.61. The zero-order valence-corrected chi connectivity index (χ0v) is 13.5. The lowest BCUT2D eigenvalue weighted by atomic mass is 10.3. The summed E-state index contributed by atoms with van der Waals surface area (Å²) in [5.74, 6) is 0. The van der Waals surface area contributed by atoms with Gasteiger partial charge in [-0.15, -0.1) is 11.3 Å². The summed E-state index contributed by atoms with van der Waals surface area (Å²) in [5, 5.41) is 8.27. The second-order valence-corrected chi connectivity index (χ2v) is 6.86. The molecule has 0 aliphatic carbocycles. The molecular weight excluding hydrogens is 310 g/mol. The van der Waals surface area contributed by atoms with Crippen LogP contribution in [-0.2, 0) is 0 Å². The Bertz CT molecular complexity index is 627. The number of amidine groups is 1. The number of benzene rings is 1. The SMILES string of the molecule is CN1C(=Nc2ccccc2Cl)SC(c2cccs2)N1C. The second kappa shape index (κ2) is 5.77. The van der Waals surface area contributed by atoms with Crippen LogP contribution in [0.1, 0.15) is 10.3 Å². The van der Waals surface area contributed by atoms with Gasteiger partial charge in [0.15, 0.2) is 5.17 Å². The molecule has 1 saturated heterocycles. The third-order valence-corrected chi connectivity index (χ3v) is 5.90. The third-order valence-electron chi connectivity index (χ3n) is 3.16. The molecule has 1 atom stereocenters. The Morgan fingerprint density at radius 3 is 2.65 bits per heavy atom. The summed E-state index contributed by atoms with van der Waals surface area (Å²) in [5.41, 5.74) is 0.809. The van der Waals surface area contributed by atoms with E-state index in [0.717, 1.165) is 10.9 Å². The second-order valence-electron chi connectivity index (χ2n) is 4.43. The Kier molecular flexibility index (Phi) is 4.03. The molecule has 1 aliphatic rings. The highest BCUT2D eigenvalue weighted by molar-refractivity contribution is 8.14. The highest BCUT2D eigenvalue weighted by atomic mass is 35.5. The smallest absolute Gasteiger partial charge is 0.180 e. The standard InChI is InChI=1S/C14H14ClN3S2/c1-17-13(12-8-5-9-19-12)20-14(18(17)2)16-11-7-4-3-6-10(11)15/h3-9,13H,1-2H3. The first kappa shape index (κ1) is 13.9. The topological polar surface area (TPSA) is 18.8 Å². The van der Waals surface area contributed by atoms with Crippen molar-refractivity contribution in [1.82, 2.24) is 10.0 Å². The molecule has 3 nitrogen and oxygen atoms in total. The molecule has 3 rings (SSSR count). The van der Waals surface area contributed by atoms with Crippen molar-refractivity contribution in [2.75, 3.05) is 14.1 Å². The molecule has 104 valence electrons. The first-order chi connectivity index (χ1) is 9.66. The van der Waals surface area contributed by atoms with Crippen LogP contribution >= 0.6 is 34.7 Å². The number of para-hydroxylation sites is 1. The molecule has 2 aromatic rings. The summed E-state index contributed by atoms with van der Waals surface area (Å²) in [4.78, 5) is 6.01. The summed E-state index contributed by atoms with van der Waals surface area (Å²) in [6, 6.07) is 11.9. The van der Waals surface area contributed by atoms with Crippen LogP contribution in [0, 0.1) is 0 Å². The van der Waals surface area contributed by atoms with Gasteiger partial charge in [-0.3, -0.25) is 5.01 Å². The van der Waals surface area contributed by atoms with Gasteiger partial charge in [-0.25, -0.2) is 10.0 Å². The zero-order valence-electron chi connectivity index (χ0n) is 11.2. The van der Waals surface area contributed by atoms with E-state index in [4.69, 9.17) is 11.6 Å². The van der Waals surface area contributed by atoms with E-state index < -0.39 is 0 Å². The molecule has 1 aliphatic heterocycles. The van der Waals surface area contributed by atoms with Gasteiger partial charge in [0.05, 0.1) is 10.7 Å². The van der Waals surface area contributed by atoms with Crippen molar-refractivity contribution < 1.29 is 0 Å². The molecule has 2 heterocycles. The minimum absolute atomic E-state index is 0.279. The van der Waals surface area contributed by atoms with Crippen molar-refractivity contribution in [3.05, 3.63) is 51.7 Å². The van der Waals surface area contributed by atoms with Crippen LogP contribution in [0.2, 0.25) is 5.02 Å². The zero-order chi connectivity index (χ0) is 14.1. The predicted molar refractivity (Wildman–Crippen MR) is 88.7 cm³/mol. The minimum atomic E-state index is 0.279. The lowest BCUT2D eigenvalue weighted by Gasteiger charge is -2.23. The van der Waals surface area contributed by atoms with Crippen molar-refractivity contribution in [3.63, 3.8) is 0 Å². The van der Waals surface area contributed by atoms with Crippen molar-refractivity contribution >= 4 is 45.6 Å². The Morgan fingerprint density at radius 2 is 1.95 bits per heavy atom. The molecule has 1 aromatic carbocycles. The molecular formula is C14H14ClN3S2. The van der Waals surface area contributed by atoms with Crippen molar-refractivity contribution in [2.45, 2.75) is 5.37 Å². The molecule has 0 saturated carbocycles. The largest absolute Gasteiger partial charge is 0.286 e. The van der Waals surface area contributed by atoms with Gasteiger partial charge < -0.3 is 0 Å². The van der Waals surface area contributed by atoms with Crippen LogP contribution in [0.15, 0.2) is 46.8 Å². The third kappa shape index (κ3) is 2.59. The number of thiophene rings is 1. The van der Waals surface area contributed by atoms with E-state index in [2.05, 4.69) is 39.6 Å². The lowest BCUT2D eigenvalue weighted by molar-refractivity contribution is 0.108. The number of hydrogen-bond donors (Lipinski definition) is 0. The Hall–Kier alpha value is -1.01. The Labute approximate surface area is 131 Å². The maximum absolute atomic E-state index is 6.18. The van der Waals surface area contributed by atoms with Crippen LogP contribution in [0.25, 0.3) is 0 Å². The molecule has 0 amide bonds. The Morgan fingerprint density at radius 1 is 1.15 bits per heavy atom. The molecule has 1 fully saturated rings. The van der Waals surface area contributed by atoms with E-state index in [-0.39, 0.29) is 5.37 Å². The van der Waals surface area contributed by atoms with E-state index in [1.807, 2.05) is 31.3 Å². The molecule has 1 aromatic heterocycles. The van der Waals surface area contributed by atoms with E-state index in [1.54, 1.807) is 23.1 Å². The number of hydrazine groups is 1. The van der Waals surface area contributed by atoms with Crippen LogP contribution < -0.4 is 0 Å².